The molecule has 0 aromatic heterocycles. The number of carbonyl (C=O) groups is 1. The maximum Gasteiger partial charge on any atom is 0.303 e. The average molecular weight is 327 g/mol. The lowest BCUT2D eigenvalue weighted by atomic mass is 10.1. The minimum Gasteiger partial charge on any atom is -0.481 e. The Balaban J connectivity index is 2.16. The molecule has 2 rings (SSSR count). The van der Waals surface area contributed by atoms with E-state index in [0.29, 0.717) is 6.42 Å². The number of para-hydroxylation sites is 1. The molecule has 0 bridgehead atoms. The molecule has 0 saturated carbocycles. The zero-order valence-corrected chi connectivity index (χ0v) is 12.6. The van der Waals surface area contributed by atoms with Gasteiger partial charge in [0, 0.05) is 36.6 Å². The van der Waals surface area contributed by atoms with Gasteiger partial charge in [0.1, 0.15) is 0 Å². The lowest BCUT2D eigenvalue weighted by Gasteiger charge is -2.42. The highest BCUT2D eigenvalue weighted by molar-refractivity contribution is 9.10. The first kappa shape index (κ1) is 14.3. The summed E-state index contributed by atoms with van der Waals surface area (Å²) < 4.78 is 1.07. The van der Waals surface area contributed by atoms with E-state index in [0.717, 1.165) is 29.8 Å². The Bertz CT molecular complexity index is 453. The number of carboxylic acid groups (broad SMARTS) is 1. The van der Waals surface area contributed by atoms with Crippen LogP contribution in [0.2, 0.25) is 0 Å². The summed E-state index contributed by atoms with van der Waals surface area (Å²) in [6.07, 6.45) is 0.903. The summed E-state index contributed by atoms with van der Waals surface area (Å²) in [6.45, 7) is 2.85. The number of hydrogen-bond acceptors (Lipinski definition) is 3. The number of likely N-dealkylation sites (N-methyl/N-ethyl adjacent to an activating group) is 1. The number of aliphatic carboxylic acids is 1. The molecule has 4 nitrogen and oxygen atoms in total. The first-order valence-electron chi connectivity index (χ1n) is 6.49. The Kier molecular flexibility index (Phi) is 4.82. The fraction of sp³-hybridized carbons (Fsp3) is 0.500. The SMILES string of the molecule is CN1CCN(c2ccccc2Br)C(CCC(=O)O)C1. The highest BCUT2D eigenvalue weighted by atomic mass is 79.9. The van der Waals surface area contributed by atoms with Crippen LogP contribution in [-0.2, 0) is 4.79 Å². The van der Waals surface area contributed by atoms with Gasteiger partial charge < -0.3 is 14.9 Å². The molecule has 0 spiro atoms. The molecule has 0 aliphatic carbocycles. The first-order chi connectivity index (χ1) is 9.08. The van der Waals surface area contributed by atoms with Crippen LogP contribution in [0.4, 0.5) is 5.69 Å². The van der Waals surface area contributed by atoms with Crippen molar-refractivity contribution in [2.45, 2.75) is 18.9 Å². The maximum atomic E-state index is 10.8. The number of halogens is 1. The highest BCUT2D eigenvalue weighted by Gasteiger charge is 2.26. The summed E-state index contributed by atoms with van der Waals surface area (Å²) in [6, 6.07) is 8.39. The summed E-state index contributed by atoms with van der Waals surface area (Å²) in [7, 11) is 2.09. The van der Waals surface area contributed by atoms with Gasteiger partial charge in [0.2, 0.25) is 0 Å². The lowest BCUT2D eigenvalue weighted by Crippen LogP contribution is -2.52. The van der Waals surface area contributed by atoms with Crippen LogP contribution in [0.25, 0.3) is 0 Å². The Morgan fingerprint density at radius 3 is 2.84 bits per heavy atom. The van der Waals surface area contributed by atoms with Gasteiger partial charge >= 0.3 is 5.97 Å². The molecule has 1 aromatic rings. The van der Waals surface area contributed by atoms with Crippen LogP contribution in [-0.4, -0.2) is 48.7 Å². The van der Waals surface area contributed by atoms with E-state index in [2.05, 4.69) is 38.8 Å². The van der Waals surface area contributed by atoms with Crippen LogP contribution >= 0.6 is 15.9 Å². The third-order valence-electron chi connectivity index (χ3n) is 3.54. The third-order valence-corrected chi connectivity index (χ3v) is 4.21. The largest absolute Gasteiger partial charge is 0.481 e. The third kappa shape index (κ3) is 3.70. The van der Waals surface area contributed by atoms with E-state index in [9.17, 15) is 4.79 Å². The van der Waals surface area contributed by atoms with Crippen molar-refractivity contribution in [3.8, 4) is 0 Å². The molecular weight excluding hydrogens is 308 g/mol. The van der Waals surface area contributed by atoms with Gasteiger partial charge in [0.15, 0.2) is 0 Å². The van der Waals surface area contributed by atoms with Gasteiger partial charge in [-0.25, -0.2) is 0 Å². The van der Waals surface area contributed by atoms with Crippen LogP contribution in [0, 0.1) is 0 Å². The standard InChI is InChI=1S/C14H19BrN2O2/c1-16-8-9-17(11(10-16)6-7-14(18)19)13-5-3-2-4-12(13)15/h2-5,11H,6-10H2,1H3,(H,18,19). The number of hydrogen-bond donors (Lipinski definition) is 1. The van der Waals surface area contributed by atoms with E-state index in [1.54, 1.807) is 0 Å². The second-order valence-corrected chi connectivity index (χ2v) is 5.85. The van der Waals surface area contributed by atoms with Crippen molar-refractivity contribution in [3.05, 3.63) is 28.7 Å². The molecule has 1 aliphatic rings. The van der Waals surface area contributed by atoms with E-state index in [1.807, 2.05) is 18.2 Å². The summed E-state index contributed by atoms with van der Waals surface area (Å²) in [4.78, 5) is 15.4. The minimum atomic E-state index is -0.722. The van der Waals surface area contributed by atoms with Crippen molar-refractivity contribution in [2.24, 2.45) is 0 Å². The van der Waals surface area contributed by atoms with Crippen molar-refractivity contribution < 1.29 is 9.90 Å². The second kappa shape index (κ2) is 6.39. The van der Waals surface area contributed by atoms with Crippen molar-refractivity contribution in [3.63, 3.8) is 0 Å². The molecule has 104 valence electrons. The van der Waals surface area contributed by atoms with E-state index < -0.39 is 5.97 Å². The molecule has 1 atom stereocenters. The zero-order chi connectivity index (χ0) is 13.8. The normalized spacial score (nSPS) is 20.5. The number of benzene rings is 1. The van der Waals surface area contributed by atoms with Gasteiger partial charge in [0.05, 0.1) is 5.69 Å². The lowest BCUT2D eigenvalue weighted by molar-refractivity contribution is -0.137. The molecule has 5 heteroatoms. The van der Waals surface area contributed by atoms with Gasteiger partial charge in [0.25, 0.3) is 0 Å². The number of carboxylic acids is 1. The van der Waals surface area contributed by atoms with Crippen molar-refractivity contribution in [2.75, 3.05) is 31.6 Å². The van der Waals surface area contributed by atoms with E-state index in [1.165, 1.54) is 0 Å². The van der Waals surface area contributed by atoms with E-state index >= 15 is 0 Å². The number of anilines is 1. The topological polar surface area (TPSA) is 43.8 Å². The minimum absolute atomic E-state index is 0.222. The van der Waals surface area contributed by atoms with E-state index in [-0.39, 0.29) is 12.5 Å². The van der Waals surface area contributed by atoms with E-state index in [4.69, 9.17) is 5.11 Å². The quantitative estimate of drug-likeness (QED) is 0.922. The van der Waals surface area contributed by atoms with Gasteiger partial charge in [-0.15, -0.1) is 0 Å². The van der Waals surface area contributed by atoms with Gasteiger partial charge in [-0.3, -0.25) is 4.79 Å². The van der Waals surface area contributed by atoms with Gasteiger partial charge in [-0.2, -0.15) is 0 Å². The molecule has 1 saturated heterocycles. The monoisotopic (exact) mass is 326 g/mol. The van der Waals surface area contributed by atoms with Crippen LogP contribution in [0.1, 0.15) is 12.8 Å². The Morgan fingerprint density at radius 2 is 2.16 bits per heavy atom. The second-order valence-electron chi connectivity index (χ2n) is 4.99. The smallest absolute Gasteiger partial charge is 0.303 e. The van der Waals surface area contributed by atoms with Gasteiger partial charge in [-0.1, -0.05) is 12.1 Å². The highest BCUT2D eigenvalue weighted by Crippen LogP contribution is 2.29. The molecule has 0 radical (unpaired) electrons. The average Bonchev–Trinajstić information content (AvgIpc) is 2.37. The summed E-state index contributed by atoms with van der Waals surface area (Å²) in [5.41, 5.74) is 1.16. The number of nitrogens with zero attached hydrogens (tertiary/aromatic N) is 2. The first-order valence-corrected chi connectivity index (χ1v) is 7.28. The molecule has 19 heavy (non-hydrogen) atoms. The Hall–Kier alpha value is -1.07. The number of piperazine rings is 1. The summed E-state index contributed by atoms with van der Waals surface area (Å²) >= 11 is 3.58. The van der Waals surface area contributed by atoms with Crippen molar-refractivity contribution in [1.29, 1.82) is 0 Å². The molecule has 1 unspecified atom stereocenters. The van der Waals surface area contributed by atoms with Crippen molar-refractivity contribution >= 4 is 27.6 Å². The molecule has 1 fully saturated rings. The van der Waals surface area contributed by atoms with Crippen LogP contribution in [0.3, 0.4) is 0 Å². The summed E-state index contributed by atoms with van der Waals surface area (Å²) in [5.74, 6) is -0.722. The van der Waals surface area contributed by atoms with Crippen LogP contribution in [0.15, 0.2) is 28.7 Å². The zero-order valence-electron chi connectivity index (χ0n) is 11.1. The Morgan fingerprint density at radius 1 is 1.42 bits per heavy atom. The molecule has 1 aliphatic heterocycles. The van der Waals surface area contributed by atoms with Crippen LogP contribution in [0.5, 0.6) is 0 Å². The maximum absolute atomic E-state index is 10.8. The van der Waals surface area contributed by atoms with Crippen LogP contribution < -0.4 is 4.90 Å². The predicted molar refractivity (Wildman–Crippen MR) is 79.6 cm³/mol. The molecule has 1 aromatic carbocycles. The predicted octanol–water partition coefficient (Wildman–Crippen LogP) is 2.43. The molecule has 1 heterocycles. The summed E-state index contributed by atoms with van der Waals surface area (Å²) in [5, 5.41) is 8.88. The molecule has 1 N–H and O–H groups in total. The Labute approximate surface area is 122 Å². The fourth-order valence-electron chi connectivity index (χ4n) is 2.55. The van der Waals surface area contributed by atoms with Crippen molar-refractivity contribution in [1.82, 2.24) is 4.90 Å². The van der Waals surface area contributed by atoms with Gasteiger partial charge in [-0.05, 0) is 41.5 Å². The molecular formula is C14H19BrN2O2. The molecule has 0 amide bonds. The fourth-order valence-corrected chi connectivity index (χ4v) is 3.06. The number of rotatable bonds is 4.